The molecule has 178 valence electrons. The minimum atomic E-state index is -4.59. The molecule has 2 N–H and O–H groups in total. The van der Waals surface area contributed by atoms with Gasteiger partial charge in [0.1, 0.15) is 11.0 Å². The maximum Gasteiger partial charge on any atom is 0.416 e. The summed E-state index contributed by atoms with van der Waals surface area (Å²) < 4.78 is 39.2. The number of nitrogens with zero attached hydrogens (tertiary/aromatic N) is 2. The fourth-order valence-electron chi connectivity index (χ4n) is 3.30. The highest BCUT2D eigenvalue weighted by Crippen LogP contribution is 2.29. The van der Waals surface area contributed by atoms with E-state index < -0.39 is 29.6 Å². The summed E-state index contributed by atoms with van der Waals surface area (Å²) in [6.07, 6.45) is -4.47. The molecule has 0 spiro atoms. The van der Waals surface area contributed by atoms with Crippen molar-refractivity contribution in [2.24, 2.45) is 0 Å². The molecule has 4 rings (SSSR count). The molecule has 2 amide bonds. The van der Waals surface area contributed by atoms with Gasteiger partial charge in [-0.25, -0.2) is 0 Å². The maximum absolute atomic E-state index is 13.1. The Bertz CT molecular complexity index is 1310. The van der Waals surface area contributed by atoms with Crippen LogP contribution in [0.1, 0.15) is 21.5 Å². The Kier molecular flexibility index (Phi) is 7.21. The lowest BCUT2D eigenvalue weighted by atomic mass is 10.0. The molecular formula is C25H19F3N4O2S. The Morgan fingerprint density at radius 3 is 2.26 bits per heavy atom. The van der Waals surface area contributed by atoms with Crippen molar-refractivity contribution < 1.29 is 22.8 Å². The number of rotatable bonds is 7. The number of anilines is 1. The zero-order chi connectivity index (χ0) is 24.8. The van der Waals surface area contributed by atoms with Gasteiger partial charge < -0.3 is 5.32 Å². The van der Waals surface area contributed by atoms with E-state index >= 15 is 0 Å². The number of halogens is 3. The average Bonchev–Trinajstić information content (AvgIpc) is 3.33. The van der Waals surface area contributed by atoms with Crippen LogP contribution in [0, 0.1) is 0 Å². The van der Waals surface area contributed by atoms with E-state index in [-0.39, 0.29) is 17.1 Å². The van der Waals surface area contributed by atoms with Crippen LogP contribution in [-0.2, 0) is 17.4 Å². The van der Waals surface area contributed by atoms with Crippen LogP contribution in [-0.4, -0.2) is 28.1 Å². The molecule has 0 saturated heterocycles. The highest BCUT2D eigenvalue weighted by molar-refractivity contribution is 7.18. The highest BCUT2D eigenvalue weighted by atomic mass is 32.1. The Morgan fingerprint density at radius 2 is 1.57 bits per heavy atom. The molecular weight excluding hydrogens is 477 g/mol. The van der Waals surface area contributed by atoms with Gasteiger partial charge in [0, 0.05) is 17.5 Å². The molecule has 0 saturated carbocycles. The van der Waals surface area contributed by atoms with E-state index in [4.69, 9.17) is 0 Å². The molecule has 1 unspecified atom stereocenters. The van der Waals surface area contributed by atoms with Crippen LogP contribution >= 0.6 is 11.3 Å². The van der Waals surface area contributed by atoms with Gasteiger partial charge in [-0.05, 0) is 23.8 Å². The molecule has 0 bridgehead atoms. The van der Waals surface area contributed by atoms with Crippen molar-refractivity contribution in [2.45, 2.75) is 18.6 Å². The summed E-state index contributed by atoms with van der Waals surface area (Å²) in [4.78, 5) is 25.9. The highest BCUT2D eigenvalue weighted by Gasteiger charge is 2.31. The lowest BCUT2D eigenvalue weighted by Gasteiger charge is -2.18. The van der Waals surface area contributed by atoms with Gasteiger partial charge in [0.25, 0.3) is 5.91 Å². The number of hydrogen-bond donors (Lipinski definition) is 2. The third kappa shape index (κ3) is 6.30. The Balaban J connectivity index is 1.53. The summed E-state index contributed by atoms with van der Waals surface area (Å²) in [6.45, 7) is 0. The molecule has 4 aromatic rings. The smallest absolute Gasteiger partial charge is 0.340 e. The van der Waals surface area contributed by atoms with E-state index in [1.165, 1.54) is 17.4 Å². The summed E-state index contributed by atoms with van der Waals surface area (Å²) in [7, 11) is 0. The summed E-state index contributed by atoms with van der Waals surface area (Å²) in [6, 6.07) is 21.2. The van der Waals surface area contributed by atoms with Crippen LogP contribution in [0.3, 0.4) is 0 Å². The normalized spacial score (nSPS) is 12.1. The van der Waals surface area contributed by atoms with Gasteiger partial charge in [0.15, 0.2) is 0 Å². The number of amides is 2. The first-order valence-corrected chi connectivity index (χ1v) is 11.3. The number of carbonyl (C=O) groups is 2. The van der Waals surface area contributed by atoms with Crippen LogP contribution in [0.4, 0.5) is 18.3 Å². The zero-order valence-corrected chi connectivity index (χ0v) is 18.9. The predicted octanol–water partition coefficient (Wildman–Crippen LogP) is 5.20. The molecule has 1 atom stereocenters. The van der Waals surface area contributed by atoms with E-state index in [0.717, 1.165) is 29.3 Å². The Hall–Kier alpha value is -4.05. The second kappa shape index (κ2) is 10.5. The zero-order valence-electron chi connectivity index (χ0n) is 18.1. The van der Waals surface area contributed by atoms with Crippen molar-refractivity contribution in [2.75, 3.05) is 5.32 Å². The first kappa shape index (κ1) is 24.1. The molecule has 0 aliphatic carbocycles. The summed E-state index contributed by atoms with van der Waals surface area (Å²) in [5.41, 5.74) is 0.452. The first-order chi connectivity index (χ1) is 16.8. The number of aromatic nitrogens is 2. The molecule has 0 fully saturated rings. The van der Waals surface area contributed by atoms with E-state index in [2.05, 4.69) is 20.8 Å². The molecule has 1 heterocycles. The quantitative estimate of drug-likeness (QED) is 0.368. The van der Waals surface area contributed by atoms with E-state index in [1.807, 2.05) is 36.4 Å². The van der Waals surface area contributed by atoms with Crippen molar-refractivity contribution in [3.63, 3.8) is 0 Å². The van der Waals surface area contributed by atoms with Crippen molar-refractivity contribution in [3.8, 4) is 10.6 Å². The molecule has 6 nitrogen and oxygen atoms in total. The molecule has 0 aliphatic rings. The fourth-order valence-corrected chi connectivity index (χ4v) is 4.05. The molecule has 35 heavy (non-hydrogen) atoms. The van der Waals surface area contributed by atoms with Gasteiger partial charge in [0.05, 0.1) is 5.56 Å². The van der Waals surface area contributed by atoms with Gasteiger partial charge in [0.2, 0.25) is 11.0 Å². The molecule has 1 aromatic heterocycles. The number of benzene rings is 3. The van der Waals surface area contributed by atoms with Gasteiger partial charge in [-0.3, -0.25) is 14.9 Å². The molecule has 0 aliphatic heterocycles. The molecule has 10 heteroatoms. The van der Waals surface area contributed by atoms with Gasteiger partial charge in [-0.1, -0.05) is 78.1 Å². The van der Waals surface area contributed by atoms with E-state index in [1.54, 1.807) is 24.3 Å². The molecule has 0 radical (unpaired) electrons. The van der Waals surface area contributed by atoms with Crippen LogP contribution in [0.2, 0.25) is 0 Å². The minimum absolute atomic E-state index is 0.127. The number of hydrogen-bond acceptors (Lipinski definition) is 5. The van der Waals surface area contributed by atoms with Gasteiger partial charge in [-0.2, -0.15) is 13.2 Å². The second-order valence-corrected chi connectivity index (χ2v) is 8.54. The first-order valence-electron chi connectivity index (χ1n) is 10.5. The van der Waals surface area contributed by atoms with Crippen LogP contribution in [0.5, 0.6) is 0 Å². The van der Waals surface area contributed by atoms with Crippen molar-refractivity contribution in [1.29, 1.82) is 0 Å². The average molecular weight is 497 g/mol. The van der Waals surface area contributed by atoms with Gasteiger partial charge >= 0.3 is 6.18 Å². The maximum atomic E-state index is 13.1. The molecule has 3 aromatic carbocycles. The van der Waals surface area contributed by atoms with Crippen LogP contribution in [0.15, 0.2) is 84.9 Å². The van der Waals surface area contributed by atoms with Gasteiger partial charge in [-0.15, -0.1) is 10.2 Å². The number of alkyl halides is 3. The second-order valence-electron chi connectivity index (χ2n) is 7.56. The Morgan fingerprint density at radius 1 is 0.886 bits per heavy atom. The lowest BCUT2D eigenvalue weighted by molar-refractivity contribution is -0.137. The number of nitrogens with one attached hydrogen (secondary N) is 2. The SMILES string of the molecule is O=C(NC(Cc1ccccc1)C(=O)Nc1nnc(-c2ccccc2)s1)c1cccc(C(F)(F)F)c1. The van der Waals surface area contributed by atoms with Crippen molar-refractivity contribution >= 4 is 28.3 Å². The monoisotopic (exact) mass is 496 g/mol. The minimum Gasteiger partial charge on any atom is -0.340 e. The largest absolute Gasteiger partial charge is 0.416 e. The van der Waals surface area contributed by atoms with E-state index in [0.29, 0.717) is 5.01 Å². The standard InChI is InChI=1S/C25H19F3N4O2S/c26-25(27,28)19-13-7-12-18(15-19)21(33)29-20(14-16-8-3-1-4-9-16)22(34)30-24-32-31-23(35-24)17-10-5-2-6-11-17/h1-13,15,20H,14H2,(H,29,33)(H,30,32,34). The third-order valence-corrected chi connectivity index (χ3v) is 5.92. The van der Waals surface area contributed by atoms with Crippen LogP contribution < -0.4 is 10.6 Å². The van der Waals surface area contributed by atoms with Crippen molar-refractivity contribution in [1.82, 2.24) is 15.5 Å². The predicted molar refractivity (Wildman–Crippen MR) is 127 cm³/mol. The summed E-state index contributed by atoms with van der Waals surface area (Å²) >= 11 is 1.17. The number of carbonyl (C=O) groups excluding carboxylic acids is 2. The van der Waals surface area contributed by atoms with Crippen molar-refractivity contribution in [3.05, 3.63) is 102 Å². The van der Waals surface area contributed by atoms with Crippen LogP contribution in [0.25, 0.3) is 10.6 Å². The lowest BCUT2D eigenvalue weighted by Crippen LogP contribution is -2.45. The summed E-state index contributed by atoms with van der Waals surface area (Å²) in [5, 5.41) is 14.1. The van der Waals surface area contributed by atoms with E-state index in [9.17, 15) is 22.8 Å². The Labute approximate surface area is 202 Å². The third-order valence-electron chi connectivity index (χ3n) is 5.03. The topological polar surface area (TPSA) is 84.0 Å². The summed E-state index contributed by atoms with van der Waals surface area (Å²) in [5.74, 6) is -1.36. The fraction of sp³-hybridized carbons (Fsp3) is 0.120.